The van der Waals surface area contributed by atoms with Crippen molar-refractivity contribution >= 4 is 33.3 Å². The second-order valence-electron chi connectivity index (χ2n) is 15.6. The van der Waals surface area contributed by atoms with Crippen molar-refractivity contribution < 1.29 is 20.1 Å². The molecule has 0 amide bonds. The van der Waals surface area contributed by atoms with Crippen molar-refractivity contribution in [3.63, 3.8) is 0 Å². The summed E-state index contributed by atoms with van der Waals surface area (Å²) in [6.45, 7) is 4.14. The lowest BCUT2D eigenvalue weighted by atomic mass is 9.47. The molecule has 7 N–H and O–H groups in total. The van der Waals surface area contributed by atoms with Crippen molar-refractivity contribution in [2.45, 2.75) is 82.9 Å². The molecule has 2 fully saturated rings. The minimum Gasteiger partial charge on any atom is -0.396 e. The fourth-order valence-corrected chi connectivity index (χ4v) is 14.4. The monoisotopic (exact) mass is 694 g/mol. The summed E-state index contributed by atoms with van der Waals surface area (Å²) in [5, 5.41) is 38.0. The molecule has 48 heavy (non-hydrogen) atoms. The van der Waals surface area contributed by atoms with Gasteiger partial charge in [-0.15, -0.1) is 0 Å². The van der Waals surface area contributed by atoms with Crippen molar-refractivity contribution in [2.75, 3.05) is 38.3 Å². The molecular weight excluding hydrogens is 641 g/mol. The molecule has 6 aliphatic rings. The zero-order valence-electron chi connectivity index (χ0n) is 28.5. The third kappa shape index (κ3) is 5.34. The van der Waals surface area contributed by atoms with Crippen LogP contribution in [0.5, 0.6) is 0 Å². The minimum atomic E-state index is -0.349. The molecule has 10 heteroatoms. The molecule has 1 aromatic carbocycles. The lowest BCUT2D eigenvalue weighted by Gasteiger charge is -2.57. The maximum Gasteiger partial charge on any atom is 0.189 e. The molecule has 0 aromatic heterocycles. The normalized spacial score (nSPS) is 39.1. The maximum absolute atomic E-state index is 14.3. The fraction of sp³-hybridized carbons (Fsp3) is 0.684. The smallest absolute Gasteiger partial charge is 0.189 e. The van der Waals surface area contributed by atoms with E-state index in [0.29, 0.717) is 37.0 Å². The van der Waals surface area contributed by atoms with Crippen molar-refractivity contribution in [3.8, 4) is 0 Å². The number of aliphatic hydroxyl groups excluding tert-OH is 3. The molecule has 2 heterocycles. The number of allylic oxidation sites excluding steroid dienone is 3. The average molecular weight is 695 g/mol. The van der Waals surface area contributed by atoms with E-state index in [2.05, 4.69) is 47.9 Å². The first-order valence-electron chi connectivity index (χ1n) is 18.1. The van der Waals surface area contributed by atoms with Gasteiger partial charge in [-0.1, -0.05) is 64.4 Å². The first-order valence-corrected chi connectivity index (χ1v) is 20.6. The number of aliphatic hydroxyl groups is 3. The summed E-state index contributed by atoms with van der Waals surface area (Å²) in [5.41, 5.74) is 11.7. The van der Waals surface area contributed by atoms with Gasteiger partial charge in [0, 0.05) is 67.4 Å². The molecule has 8 nitrogen and oxygen atoms in total. The number of nitrogens with zero attached hydrogens (tertiary/aromatic N) is 1. The summed E-state index contributed by atoms with van der Waals surface area (Å²) in [4.78, 5) is 19.0. The Morgan fingerprint density at radius 2 is 2.04 bits per heavy atom. The number of guanidine groups is 1. The van der Waals surface area contributed by atoms with Gasteiger partial charge in [-0.25, -0.2) is 0 Å². The molecule has 4 aliphatic carbocycles. The van der Waals surface area contributed by atoms with Gasteiger partial charge >= 0.3 is 0 Å². The molecule has 7 rings (SSSR count). The summed E-state index contributed by atoms with van der Waals surface area (Å²) < 4.78 is 0. The molecule has 9 atom stereocenters. The Balaban J connectivity index is 1.30. The highest BCUT2D eigenvalue weighted by atomic mass is 33.1. The van der Waals surface area contributed by atoms with Crippen LogP contribution in [-0.4, -0.2) is 70.9 Å². The van der Waals surface area contributed by atoms with Gasteiger partial charge in [-0.2, -0.15) is 0 Å². The van der Waals surface area contributed by atoms with Crippen LogP contribution < -0.4 is 16.4 Å². The van der Waals surface area contributed by atoms with Crippen molar-refractivity contribution in [3.05, 3.63) is 58.2 Å². The Bertz CT molecular complexity index is 1500. The van der Waals surface area contributed by atoms with Crippen LogP contribution in [0.25, 0.3) is 0 Å². The van der Waals surface area contributed by atoms with Crippen molar-refractivity contribution in [2.24, 2.45) is 51.1 Å². The number of nitrogens with two attached hydrogens (primary N) is 1. The summed E-state index contributed by atoms with van der Waals surface area (Å²) in [6.07, 6.45) is 11.5. The Labute approximate surface area is 293 Å². The number of nitrogens with one attached hydrogen (secondary N) is 2. The number of Topliss-reactive ketones (excluding diaryl/α,β-unsaturated/α-hetero) is 1. The Kier molecular flexibility index (Phi) is 9.89. The predicted octanol–water partition coefficient (Wildman–Crippen LogP) is 4.69. The van der Waals surface area contributed by atoms with Crippen LogP contribution in [0, 0.1) is 40.4 Å². The molecule has 2 spiro atoms. The topological polar surface area (TPSA) is 140 Å². The van der Waals surface area contributed by atoms with Crippen LogP contribution >= 0.6 is 21.6 Å². The van der Waals surface area contributed by atoms with Gasteiger partial charge in [0.2, 0.25) is 0 Å². The number of carbonyl (C=O) groups is 1. The van der Waals surface area contributed by atoms with Gasteiger partial charge in [0.25, 0.3) is 0 Å². The number of hydrogen-bond donors (Lipinski definition) is 6. The van der Waals surface area contributed by atoms with E-state index < -0.39 is 0 Å². The van der Waals surface area contributed by atoms with Gasteiger partial charge in [0.05, 0.1) is 12.1 Å². The van der Waals surface area contributed by atoms with Gasteiger partial charge < -0.3 is 31.7 Å². The van der Waals surface area contributed by atoms with Crippen LogP contribution in [-0.2, 0) is 17.9 Å². The molecule has 2 aliphatic heterocycles. The minimum absolute atomic E-state index is 0.00492. The Morgan fingerprint density at radius 3 is 2.81 bits per heavy atom. The van der Waals surface area contributed by atoms with E-state index in [4.69, 9.17) is 10.7 Å². The zero-order valence-corrected chi connectivity index (χ0v) is 30.2. The van der Waals surface area contributed by atoms with Crippen LogP contribution in [0.1, 0.15) is 80.9 Å². The largest absolute Gasteiger partial charge is 0.396 e. The van der Waals surface area contributed by atoms with E-state index in [1.165, 1.54) is 11.1 Å². The van der Waals surface area contributed by atoms with Crippen LogP contribution in [0.4, 0.5) is 0 Å². The lowest BCUT2D eigenvalue weighted by molar-refractivity contribution is -0.125. The number of hydrogen-bond acceptors (Lipinski definition) is 10. The Morgan fingerprint density at radius 1 is 1.19 bits per heavy atom. The third-order valence-electron chi connectivity index (χ3n) is 13.8. The average Bonchev–Trinajstić information content (AvgIpc) is 3.42. The van der Waals surface area contributed by atoms with E-state index in [1.807, 2.05) is 28.6 Å². The van der Waals surface area contributed by atoms with E-state index in [0.717, 1.165) is 73.3 Å². The first kappa shape index (κ1) is 34.6. The molecule has 9 unspecified atom stereocenters. The van der Waals surface area contributed by atoms with Crippen LogP contribution in [0.2, 0.25) is 0 Å². The fourth-order valence-electron chi connectivity index (χ4n) is 11.5. The summed E-state index contributed by atoms with van der Waals surface area (Å²) in [7, 11) is 5.85. The standard InChI is InChI=1S/C38H54N4O4S2/c1-36-11-13-47-48-22-38-26(7-9-28(33(38)19-41-35(39)42-38)30-14-23(18-40-2)5-6-24(30)20-44)8-10-29-32-16-27(36)15-25(21-45)31(4-3-12-43)37(32,36)17-34(29)46/h5-7,9,14,25-28,31,33,40,43-45H,3-4,8,10-13,15-22H2,1-2H3,(H3,39,41,42). The molecule has 1 aromatic rings. The highest BCUT2D eigenvalue weighted by Gasteiger charge is 2.69. The van der Waals surface area contributed by atoms with Crippen LogP contribution in [0.3, 0.4) is 0 Å². The third-order valence-corrected chi connectivity index (χ3v) is 16.3. The number of carbonyl (C=O) groups excluding carboxylic acids is 1. The second-order valence-corrected chi connectivity index (χ2v) is 18.2. The SMILES string of the molecule is CNCc1ccc(CO)c(C2C=CC3CCC4=C5CC6CC(CO)C(CCCO)C5(CC4=O)C6(C)CCSSCC34NC(N)=NCC24)c1. The molecular formula is C38H54N4O4S2. The highest BCUT2D eigenvalue weighted by Crippen LogP contribution is 2.75. The van der Waals surface area contributed by atoms with Crippen molar-refractivity contribution in [1.29, 1.82) is 0 Å². The number of benzene rings is 1. The zero-order chi connectivity index (χ0) is 33.7. The molecule has 262 valence electrons. The number of aliphatic imine (C=N–C) groups is 1. The summed E-state index contributed by atoms with van der Waals surface area (Å²) in [6, 6.07) is 6.41. The number of ketones is 1. The molecule has 2 saturated carbocycles. The predicted molar refractivity (Wildman–Crippen MR) is 195 cm³/mol. The van der Waals surface area contributed by atoms with Gasteiger partial charge in [0.1, 0.15) is 0 Å². The Hall–Kier alpha value is -1.82. The van der Waals surface area contributed by atoms with E-state index in [1.54, 1.807) is 0 Å². The first-order chi connectivity index (χ1) is 23.3. The molecule has 5 bridgehead atoms. The van der Waals surface area contributed by atoms with Gasteiger partial charge in [0.15, 0.2) is 11.7 Å². The van der Waals surface area contributed by atoms with Crippen molar-refractivity contribution in [1.82, 2.24) is 10.6 Å². The van der Waals surface area contributed by atoms with E-state index in [-0.39, 0.29) is 65.8 Å². The van der Waals surface area contributed by atoms with E-state index in [9.17, 15) is 20.1 Å². The maximum atomic E-state index is 14.3. The quantitative estimate of drug-likeness (QED) is 0.169. The van der Waals surface area contributed by atoms with E-state index >= 15 is 0 Å². The molecule has 0 radical (unpaired) electrons. The van der Waals surface area contributed by atoms with Gasteiger partial charge in [-0.05, 0) is 97.4 Å². The summed E-state index contributed by atoms with van der Waals surface area (Å²) >= 11 is 0. The second kappa shape index (κ2) is 13.7. The summed E-state index contributed by atoms with van der Waals surface area (Å²) in [5.74, 6) is 3.92. The molecule has 0 saturated heterocycles. The lowest BCUT2D eigenvalue weighted by Crippen LogP contribution is -2.67. The number of rotatable bonds is 8. The van der Waals surface area contributed by atoms with Crippen LogP contribution in [0.15, 0.2) is 46.5 Å². The van der Waals surface area contributed by atoms with Gasteiger partial charge in [-0.3, -0.25) is 9.79 Å². The highest BCUT2D eigenvalue weighted by molar-refractivity contribution is 8.76.